The van der Waals surface area contributed by atoms with E-state index in [-0.39, 0.29) is 0 Å². The highest BCUT2D eigenvalue weighted by molar-refractivity contribution is 5.97. The van der Waals surface area contributed by atoms with Crippen molar-refractivity contribution in [3.63, 3.8) is 0 Å². The summed E-state index contributed by atoms with van der Waals surface area (Å²) in [5.74, 6) is 0. The molecule has 0 unspecified atom stereocenters. The van der Waals surface area contributed by atoms with Gasteiger partial charge < -0.3 is 9.89 Å². The Kier molecular flexibility index (Phi) is 2.11. The van der Waals surface area contributed by atoms with Gasteiger partial charge in [-0.2, -0.15) is 0 Å². The van der Waals surface area contributed by atoms with E-state index < -0.39 is 0 Å². The molecule has 0 spiro atoms. The fourth-order valence-corrected chi connectivity index (χ4v) is 2.55. The molecule has 76 valence electrons. The zero-order chi connectivity index (χ0) is 10.3. The third kappa shape index (κ3) is 1.67. The summed E-state index contributed by atoms with van der Waals surface area (Å²) < 4.78 is 1.08. The highest BCUT2D eigenvalue weighted by Crippen LogP contribution is 2.31. The first kappa shape index (κ1) is 9.66. The molecule has 0 aromatic heterocycles. The lowest BCUT2D eigenvalue weighted by Gasteiger charge is -2.37. The minimum atomic E-state index is 0.781. The van der Waals surface area contributed by atoms with Crippen molar-refractivity contribution in [3.8, 4) is 0 Å². The van der Waals surface area contributed by atoms with E-state index >= 15 is 0 Å². The molecule has 1 heterocycles. The molecule has 2 heteroatoms. The Bertz CT molecular complexity index is 345. The Morgan fingerprint density at radius 1 is 1.36 bits per heavy atom. The predicted molar refractivity (Wildman–Crippen MR) is 59.6 cm³/mol. The third-order valence-electron chi connectivity index (χ3n) is 3.28. The standard InChI is InChI=1S/C12H19N2/c1-9-6-11(13)7-10-8-14(2,3)5-4-12(9)10/h6,13H,4-5,7-8H2,1-3H3/q+1. The first-order valence-corrected chi connectivity index (χ1v) is 5.27. The molecule has 1 aliphatic heterocycles. The monoisotopic (exact) mass is 191 g/mol. The summed E-state index contributed by atoms with van der Waals surface area (Å²) in [6, 6.07) is 0. The fraction of sp³-hybridized carbons (Fsp3) is 0.583. The second-order valence-electron chi connectivity index (χ2n) is 5.18. The summed E-state index contributed by atoms with van der Waals surface area (Å²) in [6.45, 7) is 4.51. The van der Waals surface area contributed by atoms with Gasteiger partial charge in [0.2, 0.25) is 0 Å². The van der Waals surface area contributed by atoms with E-state index in [0.29, 0.717) is 0 Å². The fourth-order valence-electron chi connectivity index (χ4n) is 2.55. The van der Waals surface area contributed by atoms with E-state index in [9.17, 15) is 0 Å². The number of allylic oxidation sites excluding steroid dienone is 2. The van der Waals surface area contributed by atoms with Crippen molar-refractivity contribution in [2.24, 2.45) is 0 Å². The number of rotatable bonds is 0. The van der Waals surface area contributed by atoms with E-state index in [1.807, 2.05) is 6.08 Å². The van der Waals surface area contributed by atoms with Crippen LogP contribution in [0.3, 0.4) is 0 Å². The zero-order valence-electron chi connectivity index (χ0n) is 9.35. The van der Waals surface area contributed by atoms with E-state index in [1.165, 1.54) is 24.1 Å². The van der Waals surface area contributed by atoms with Crippen molar-refractivity contribution in [3.05, 3.63) is 22.8 Å². The van der Waals surface area contributed by atoms with Gasteiger partial charge in [0.1, 0.15) is 6.54 Å². The van der Waals surface area contributed by atoms with Crippen molar-refractivity contribution in [2.75, 3.05) is 27.2 Å². The van der Waals surface area contributed by atoms with Gasteiger partial charge in [-0.3, -0.25) is 0 Å². The number of likely N-dealkylation sites (N-methyl/N-ethyl adjacent to an activating group) is 1. The van der Waals surface area contributed by atoms with Gasteiger partial charge in [-0.05, 0) is 29.7 Å². The SMILES string of the molecule is CC1=CC(=N)CC2=C1CC[N+](C)(C)C2. The van der Waals surface area contributed by atoms with E-state index in [0.717, 1.165) is 23.2 Å². The summed E-state index contributed by atoms with van der Waals surface area (Å²) >= 11 is 0. The molecule has 0 fully saturated rings. The lowest BCUT2D eigenvalue weighted by atomic mass is 9.85. The number of quaternary nitrogens is 1. The van der Waals surface area contributed by atoms with Crippen molar-refractivity contribution < 1.29 is 4.48 Å². The molecule has 14 heavy (non-hydrogen) atoms. The first-order chi connectivity index (χ1) is 6.48. The zero-order valence-corrected chi connectivity index (χ0v) is 9.35. The van der Waals surface area contributed by atoms with Crippen LogP contribution in [0.15, 0.2) is 22.8 Å². The second kappa shape index (κ2) is 3.06. The number of hydrogen-bond donors (Lipinski definition) is 1. The molecule has 0 aromatic carbocycles. The molecular weight excluding hydrogens is 172 g/mol. The molecule has 0 radical (unpaired) electrons. The third-order valence-corrected chi connectivity index (χ3v) is 3.28. The molecule has 0 saturated heterocycles. The Morgan fingerprint density at radius 3 is 2.79 bits per heavy atom. The molecule has 1 N–H and O–H groups in total. The summed E-state index contributed by atoms with van der Waals surface area (Å²) in [6.07, 6.45) is 4.11. The van der Waals surface area contributed by atoms with Crippen LogP contribution in [-0.2, 0) is 0 Å². The van der Waals surface area contributed by atoms with E-state index in [4.69, 9.17) is 5.41 Å². The van der Waals surface area contributed by atoms with E-state index in [1.54, 1.807) is 5.57 Å². The minimum absolute atomic E-state index is 0.781. The van der Waals surface area contributed by atoms with Gasteiger partial charge >= 0.3 is 0 Å². The lowest BCUT2D eigenvalue weighted by molar-refractivity contribution is -0.887. The quantitative estimate of drug-likeness (QED) is 0.567. The van der Waals surface area contributed by atoms with Crippen LogP contribution in [-0.4, -0.2) is 37.4 Å². The van der Waals surface area contributed by atoms with Crippen LogP contribution in [0.1, 0.15) is 19.8 Å². The Hall–Kier alpha value is -0.890. The van der Waals surface area contributed by atoms with E-state index in [2.05, 4.69) is 21.0 Å². The molecule has 0 aromatic rings. The normalized spacial score (nSPS) is 25.9. The summed E-state index contributed by atoms with van der Waals surface area (Å²) in [5, 5.41) is 7.75. The Morgan fingerprint density at radius 2 is 2.07 bits per heavy atom. The maximum Gasteiger partial charge on any atom is 0.101 e. The molecule has 0 bridgehead atoms. The topological polar surface area (TPSA) is 23.9 Å². The molecular formula is C12H19N2+. The number of hydrogen-bond acceptors (Lipinski definition) is 1. The molecule has 0 amide bonds. The summed E-state index contributed by atoms with van der Waals surface area (Å²) in [7, 11) is 4.56. The molecule has 1 aliphatic carbocycles. The highest BCUT2D eigenvalue weighted by atomic mass is 15.3. The summed E-state index contributed by atoms with van der Waals surface area (Å²) in [5.41, 5.74) is 5.16. The number of nitrogens with zero attached hydrogens (tertiary/aromatic N) is 1. The second-order valence-corrected chi connectivity index (χ2v) is 5.18. The molecule has 2 nitrogen and oxygen atoms in total. The minimum Gasteiger partial charge on any atom is -0.325 e. The van der Waals surface area contributed by atoms with Crippen LogP contribution in [0.5, 0.6) is 0 Å². The van der Waals surface area contributed by atoms with Gasteiger partial charge in [0.25, 0.3) is 0 Å². The maximum atomic E-state index is 7.75. The number of nitrogens with one attached hydrogen (secondary N) is 1. The maximum absolute atomic E-state index is 7.75. The van der Waals surface area contributed by atoms with Gasteiger partial charge in [0.05, 0.1) is 20.6 Å². The van der Waals surface area contributed by atoms with Gasteiger partial charge in [-0.1, -0.05) is 0 Å². The van der Waals surface area contributed by atoms with Crippen molar-refractivity contribution in [1.82, 2.24) is 0 Å². The molecule has 0 saturated carbocycles. The van der Waals surface area contributed by atoms with Crippen LogP contribution in [0.4, 0.5) is 0 Å². The Balaban J connectivity index is 2.33. The molecule has 2 rings (SSSR count). The van der Waals surface area contributed by atoms with Crippen LogP contribution >= 0.6 is 0 Å². The van der Waals surface area contributed by atoms with Gasteiger partial charge in [-0.15, -0.1) is 0 Å². The lowest BCUT2D eigenvalue weighted by Crippen LogP contribution is -2.45. The van der Waals surface area contributed by atoms with Gasteiger partial charge in [-0.25, -0.2) is 0 Å². The highest BCUT2D eigenvalue weighted by Gasteiger charge is 2.28. The van der Waals surface area contributed by atoms with Gasteiger partial charge in [0.15, 0.2) is 0 Å². The average molecular weight is 191 g/mol. The van der Waals surface area contributed by atoms with Crippen molar-refractivity contribution >= 4 is 5.71 Å². The van der Waals surface area contributed by atoms with Gasteiger partial charge in [0, 0.05) is 18.6 Å². The van der Waals surface area contributed by atoms with Crippen LogP contribution in [0, 0.1) is 5.41 Å². The average Bonchev–Trinajstić information content (AvgIpc) is 2.00. The first-order valence-electron chi connectivity index (χ1n) is 5.27. The van der Waals surface area contributed by atoms with Crippen molar-refractivity contribution in [2.45, 2.75) is 19.8 Å². The largest absolute Gasteiger partial charge is 0.325 e. The van der Waals surface area contributed by atoms with Crippen LogP contribution in [0.25, 0.3) is 0 Å². The smallest absolute Gasteiger partial charge is 0.101 e. The Labute approximate surface area is 86.0 Å². The molecule has 2 aliphatic rings. The molecule has 0 atom stereocenters. The summed E-state index contributed by atoms with van der Waals surface area (Å²) in [4.78, 5) is 0. The predicted octanol–water partition coefficient (Wildman–Crippen LogP) is 2.13. The van der Waals surface area contributed by atoms with Crippen LogP contribution in [0.2, 0.25) is 0 Å². The van der Waals surface area contributed by atoms with Crippen molar-refractivity contribution in [1.29, 1.82) is 5.41 Å². The van der Waals surface area contributed by atoms with Crippen LogP contribution < -0.4 is 0 Å².